The van der Waals surface area contributed by atoms with Gasteiger partial charge in [0.25, 0.3) is 0 Å². The first-order valence-corrected chi connectivity index (χ1v) is 8.47. The van der Waals surface area contributed by atoms with E-state index in [1.165, 1.54) is 6.42 Å². The highest BCUT2D eigenvalue weighted by Gasteiger charge is 2.33. The van der Waals surface area contributed by atoms with Crippen molar-refractivity contribution in [3.8, 4) is 0 Å². The maximum atomic E-state index is 10.7. The zero-order valence-corrected chi connectivity index (χ0v) is 13.6. The molecular weight excluding hydrogens is 300 g/mol. The molecule has 3 aromatic rings. The lowest BCUT2D eigenvalue weighted by molar-refractivity contribution is 0.152. The number of nitrogens with zero attached hydrogens (tertiary/aromatic N) is 3. The number of rotatable bonds is 5. The van der Waals surface area contributed by atoms with Gasteiger partial charge in [-0.25, -0.2) is 4.68 Å². The van der Waals surface area contributed by atoms with Crippen LogP contribution in [0.5, 0.6) is 0 Å². The van der Waals surface area contributed by atoms with Crippen molar-refractivity contribution in [1.82, 2.24) is 15.0 Å². The summed E-state index contributed by atoms with van der Waals surface area (Å²) in [7, 11) is 0. The zero-order valence-electron chi connectivity index (χ0n) is 13.6. The molecule has 0 aliphatic heterocycles. The Morgan fingerprint density at radius 3 is 2.75 bits per heavy atom. The normalized spacial score (nSPS) is 17.6. The first kappa shape index (κ1) is 15.3. The quantitative estimate of drug-likeness (QED) is 0.757. The number of aromatic nitrogens is 3. The van der Waals surface area contributed by atoms with Crippen LogP contribution in [0.1, 0.15) is 36.6 Å². The smallest absolute Gasteiger partial charge is 0.0992 e. The molecule has 1 atom stereocenters. The summed E-state index contributed by atoms with van der Waals surface area (Å²) in [6, 6.07) is 14.1. The topological polar surface area (TPSA) is 77.0 Å². The van der Waals surface area contributed by atoms with Crippen molar-refractivity contribution in [1.29, 1.82) is 0 Å². The molecule has 5 nitrogen and oxygen atoms in total. The number of hydrogen-bond acceptors (Lipinski definition) is 4. The Morgan fingerprint density at radius 1 is 1.17 bits per heavy atom. The molecular formula is C19H22N4O. The fourth-order valence-corrected chi connectivity index (χ4v) is 3.49. The molecule has 1 aliphatic rings. The van der Waals surface area contributed by atoms with Gasteiger partial charge in [-0.05, 0) is 35.6 Å². The largest absolute Gasteiger partial charge is 0.386 e. The van der Waals surface area contributed by atoms with Crippen molar-refractivity contribution in [3.05, 3.63) is 59.9 Å². The van der Waals surface area contributed by atoms with E-state index in [2.05, 4.69) is 22.4 Å². The molecule has 0 radical (unpaired) electrons. The minimum atomic E-state index is -0.624. The predicted molar refractivity (Wildman–Crippen MR) is 93.4 cm³/mol. The number of hydrogen-bond donors (Lipinski definition) is 2. The van der Waals surface area contributed by atoms with Crippen LogP contribution in [0.2, 0.25) is 0 Å². The third-order valence-corrected chi connectivity index (χ3v) is 5.01. The monoisotopic (exact) mass is 322 g/mol. The van der Waals surface area contributed by atoms with E-state index >= 15 is 0 Å². The molecule has 0 saturated heterocycles. The lowest BCUT2D eigenvalue weighted by Gasteiger charge is -2.37. The van der Waals surface area contributed by atoms with E-state index in [-0.39, 0.29) is 5.54 Å². The van der Waals surface area contributed by atoms with E-state index < -0.39 is 6.10 Å². The molecule has 1 aliphatic carbocycles. The SMILES string of the molecule is NC1(Cc2cn(C[C@H](O)c3cccc4ccccc34)nn2)CCC1. The van der Waals surface area contributed by atoms with E-state index in [9.17, 15) is 5.11 Å². The van der Waals surface area contributed by atoms with Gasteiger partial charge in [0, 0.05) is 18.2 Å². The summed E-state index contributed by atoms with van der Waals surface area (Å²) >= 11 is 0. The van der Waals surface area contributed by atoms with Crippen LogP contribution in [0.4, 0.5) is 0 Å². The molecule has 0 bridgehead atoms. The highest BCUT2D eigenvalue weighted by Crippen LogP contribution is 2.32. The molecule has 2 aromatic carbocycles. The minimum absolute atomic E-state index is 0.102. The van der Waals surface area contributed by atoms with Crippen molar-refractivity contribution < 1.29 is 5.11 Å². The number of nitrogens with two attached hydrogens (primary N) is 1. The second kappa shape index (κ2) is 6.00. The molecule has 1 aromatic heterocycles. The lowest BCUT2D eigenvalue weighted by Crippen LogP contribution is -2.48. The number of benzene rings is 2. The Morgan fingerprint density at radius 2 is 1.96 bits per heavy atom. The molecule has 1 saturated carbocycles. The Balaban J connectivity index is 1.51. The maximum Gasteiger partial charge on any atom is 0.0992 e. The third-order valence-electron chi connectivity index (χ3n) is 5.01. The van der Waals surface area contributed by atoms with Crippen molar-refractivity contribution in [3.63, 3.8) is 0 Å². The summed E-state index contributed by atoms with van der Waals surface area (Å²) < 4.78 is 1.71. The summed E-state index contributed by atoms with van der Waals surface area (Å²) in [6.45, 7) is 0.387. The van der Waals surface area contributed by atoms with Crippen LogP contribution in [0.25, 0.3) is 10.8 Å². The fraction of sp³-hybridized carbons (Fsp3) is 0.368. The average Bonchev–Trinajstić information content (AvgIpc) is 2.99. The summed E-state index contributed by atoms with van der Waals surface area (Å²) in [5.41, 5.74) is 7.99. The minimum Gasteiger partial charge on any atom is -0.386 e. The van der Waals surface area contributed by atoms with Gasteiger partial charge >= 0.3 is 0 Å². The van der Waals surface area contributed by atoms with Gasteiger partial charge in [-0.3, -0.25) is 0 Å². The Kier molecular flexibility index (Phi) is 3.82. The third kappa shape index (κ3) is 2.92. The molecule has 0 amide bonds. The van der Waals surface area contributed by atoms with E-state index in [1.54, 1.807) is 4.68 Å². The summed E-state index contributed by atoms with van der Waals surface area (Å²) in [5.74, 6) is 0. The van der Waals surface area contributed by atoms with E-state index in [0.717, 1.165) is 41.3 Å². The molecule has 124 valence electrons. The highest BCUT2D eigenvalue weighted by atomic mass is 16.3. The number of fused-ring (bicyclic) bond motifs is 1. The zero-order chi connectivity index (χ0) is 16.6. The second-order valence-corrected chi connectivity index (χ2v) is 6.91. The number of aliphatic hydroxyl groups is 1. The Hall–Kier alpha value is -2.24. The summed E-state index contributed by atoms with van der Waals surface area (Å²) in [4.78, 5) is 0. The van der Waals surface area contributed by atoms with E-state index in [1.807, 2.05) is 36.5 Å². The Labute approximate surface area is 141 Å². The van der Waals surface area contributed by atoms with Crippen molar-refractivity contribution in [2.75, 3.05) is 0 Å². The van der Waals surface area contributed by atoms with Gasteiger partial charge < -0.3 is 10.8 Å². The van der Waals surface area contributed by atoms with Crippen LogP contribution in [0.3, 0.4) is 0 Å². The van der Waals surface area contributed by atoms with Crippen LogP contribution < -0.4 is 5.73 Å². The van der Waals surface area contributed by atoms with Crippen molar-refractivity contribution in [2.24, 2.45) is 5.73 Å². The molecule has 5 heteroatoms. The molecule has 0 unspecified atom stereocenters. The molecule has 1 fully saturated rings. The first-order valence-electron chi connectivity index (χ1n) is 8.47. The summed E-state index contributed by atoms with van der Waals surface area (Å²) in [5, 5.41) is 21.2. The van der Waals surface area contributed by atoms with Crippen LogP contribution in [0.15, 0.2) is 48.7 Å². The van der Waals surface area contributed by atoms with Gasteiger partial charge in [0.15, 0.2) is 0 Å². The maximum absolute atomic E-state index is 10.7. The second-order valence-electron chi connectivity index (χ2n) is 6.91. The van der Waals surface area contributed by atoms with Crippen LogP contribution >= 0.6 is 0 Å². The predicted octanol–water partition coefficient (Wildman–Crippen LogP) is 2.59. The molecule has 4 rings (SSSR count). The highest BCUT2D eigenvalue weighted by molar-refractivity contribution is 5.85. The van der Waals surface area contributed by atoms with E-state index in [0.29, 0.717) is 6.54 Å². The molecule has 0 spiro atoms. The number of aliphatic hydroxyl groups excluding tert-OH is 1. The molecule has 3 N–H and O–H groups in total. The van der Waals surface area contributed by atoms with Crippen molar-refractivity contribution >= 4 is 10.8 Å². The first-order chi connectivity index (χ1) is 11.6. The average molecular weight is 322 g/mol. The van der Waals surface area contributed by atoms with Gasteiger partial charge in [0.1, 0.15) is 0 Å². The van der Waals surface area contributed by atoms with Gasteiger partial charge in [-0.1, -0.05) is 47.7 Å². The lowest BCUT2D eigenvalue weighted by atomic mass is 9.75. The van der Waals surface area contributed by atoms with Gasteiger partial charge in [-0.2, -0.15) is 0 Å². The fourth-order valence-electron chi connectivity index (χ4n) is 3.49. The molecule has 24 heavy (non-hydrogen) atoms. The summed E-state index contributed by atoms with van der Waals surface area (Å²) in [6.07, 6.45) is 5.35. The van der Waals surface area contributed by atoms with Gasteiger partial charge in [-0.15, -0.1) is 5.10 Å². The van der Waals surface area contributed by atoms with Crippen LogP contribution in [-0.4, -0.2) is 25.6 Å². The molecule has 1 heterocycles. The Bertz CT molecular complexity index is 848. The van der Waals surface area contributed by atoms with Gasteiger partial charge in [0.05, 0.1) is 18.3 Å². The standard InChI is InChI=1S/C19H22N4O/c20-19(9-4-10-19)11-15-12-23(22-21-15)13-18(24)17-8-3-6-14-5-1-2-7-16(14)17/h1-3,5-8,12,18,24H,4,9-11,13,20H2/t18-/m0/s1. The van der Waals surface area contributed by atoms with Gasteiger partial charge in [0.2, 0.25) is 0 Å². The van der Waals surface area contributed by atoms with Crippen LogP contribution in [-0.2, 0) is 13.0 Å². The van der Waals surface area contributed by atoms with E-state index in [4.69, 9.17) is 5.73 Å². The van der Waals surface area contributed by atoms with Crippen LogP contribution in [0, 0.1) is 0 Å². The van der Waals surface area contributed by atoms with Crippen molar-refractivity contribution in [2.45, 2.75) is 43.9 Å².